The molecule has 0 saturated heterocycles. The molecule has 126 valence electrons. The molecule has 0 radical (unpaired) electrons. The Labute approximate surface area is 146 Å². The lowest BCUT2D eigenvalue weighted by molar-refractivity contribution is 0.215. The number of H-pyrrole nitrogens is 1. The van der Waals surface area contributed by atoms with Crippen molar-refractivity contribution in [1.29, 1.82) is 0 Å². The topological polar surface area (TPSA) is 101 Å². The van der Waals surface area contributed by atoms with Crippen molar-refractivity contribution in [2.45, 2.75) is 12.6 Å². The van der Waals surface area contributed by atoms with Gasteiger partial charge < -0.3 is 5.11 Å². The molecule has 1 unspecified atom stereocenters. The van der Waals surface area contributed by atoms with Crippen molar-refractivity contribution < 1.29 is 5.11 Å². The molecule has 9 heteroatoms. The van der Waals surface area contributed by atoms with E-state index < -0.39 is 6.10 Å². The Morgan fingerprint density at radius 2 is 2.04 bits per heavy atom. The van der Waals surface area contributed by atoms with Crippen molar-refractivity contribution in [1.82, 2.24) is 29.6 Å². The maximum Gasteiger partial charge on any atom is 0.272 e. The van der Waals surface area contributed by atoms with Crippen molar-refractivity contribution in [2.24, 2.45) is 0 Å². The number of hydrogen-bond acceptors (Lipinski definition) is 5. The van der Waals surface area contributed by atoms with Gasteiger partial charge in [-0.05, 0) is 17.7 Å². The Morgan fingerprint density at radius 3 is 2.84 bits per heavy atom. The molecule has 0 aliphatic heterocycles. The molecule has 8 nitrogen and oxygen atoms in total. The molecule has 0 bridgehead atoms. The zero-order valence-electron chi connectivity index (χ0n) is 12.9. The molecule has 1 atom stereocenters. The van der Waals surface area contributed by atoms with Gasteiger partial charge in [0.2, 0.25) is 0 Å². The summed E-state index contributed by atoms with van der Waals surface area (Å²) >= 11 is 5.85. The first-order chi connectivity index (χ1) is 12.1. The van der Waals surface area contributed by atoms with Gasteiger partial charge in [0.15, 0.2) is 5.65 Å². The van der Waals surface area contributed by atoms with Crippen LogP contribution in [0.4, 0.5) is 0 Å². The molecular weight excluding hydrogens is 344 g/mol. The minimum absolute atomic E-state index is 0.202. The monoisotopic (exact) mass is 356 g/mol. The van der Waals surface area contributed by atoms with E-state index in [1.165, 1.54) is 15.3 Å². The molecule has 4 aromatic rings. The van der Waals surface area contributed by atoms with E-state index in [4.69, 9.17) is 11.6 Å². The van der Waals surface area contributed by atoms with E-state index in [2.05, 4.69) is 20.4 Å². The number of aliphatic hydroxyl groups excluding tert-OH is 1. The highest BCUT2D eigenvalue weighted by Gasteiger charge is 2.15. The standard InChI is InChI=1S/C16H13ClN6O2/c17-11-3-1-10(2-4-11)16(25)13-9-22(21-20-13)8-12-7-15(24)23-14(19-12)5-6-18-23/h1-7,9,16,18,25H,8H2. The molecule has 0 spiro atoms. The normalized spacial score (nSPS) is 12.6. The Morgan fingerprint density at radius 1 is 1.24 bits per heavy atom. The second-order valence-corrected chi connectivity index (χ2v) is 5.97. The number of benzene rings is 1. The van der Waals surface area contributed by atoms with Crippen LogP contribution in [-0.4, -0.2) is 34.7 Å². The van der Waals surface area contributed by atoms with Gasteiger partial charge in [-0.25, -0.2) is 14.2 Å². The minimum atomic E-state index is -0.906. The molecule has 0 aliphatic carbocycles. The van der Waals surface area contributed by atoms with E-state index in [-0.39, 0.29) is 12.1 Å². The number of hydrogen-bond donors (Lipinski definition) is 2. The number of nitrogens with zero attached hydrogens (tertiary/aromatic N) is 5. The van der Waals surface area contributed by atoms with Crippen molar-refractivity contribution in [3.8, 4) is 0 Å². The average molecular weight is 357 g/mol. The molecule has 0 fully saturated rings. The van der Waals surface area contributed by atoms with E-state index in [0.717, 1.165) is 0 Å². The lowest BCUT2D eigenvalue weighted by atomic mass is 10.1. The SMILES string of the molecule is O=c1cc(Cn2cc(C(O)c3ccc(Cl)cc3)nn2)nc2cc[nH]n12. The molecular formula is C16H13ClN6O2. The van der Waals surface area contributed by atoms with Crippen LogP contribution in [0.15, 0.2) is 53.6 Å². The summed E-state index contributed by atoms with van der Waals surface area (Å²) in [7, 11) is 0. The molecule has 3 aromatic heterocycles. The first-order valence-electron chi connectivity index (χ1n) is 7.50. The van der Waals surface area contributed by atoms with Crippen molar-refractivity contribution in [3.05, 3.63) is 81.1 Å². The molecule has 4 rings (SSSR count). The summed E-state index contributed by atoms with van der Waals surface area (Å²) in [4.78, 5) is 16.4. The second-order valence-electron chi connectivity index (χ2n) is 5.54. The number of aliphatic hydroxyl groups is 1. The highest BCUT2D eigenvalue weighted by molar-refractivity contribution is 6.30. The number of fused-ring (bicyclic) bond motifs is 1. The first kappa shape index (κ1) is 15.6. The van der Waals surface area contributed by atoms with E-state index in [1.807, 2.05) is 0 Å². The van der Waals surface area contributed by atoms with Gasteiger partial charge in [-0.1, -0.05) is 28.9 Å². The lowest BCUT2D eigenvalue weighted by Gasteiger charge is -2.07. The molecule has 25 heavy (non-hydrogen) atoms. The summed E-state index contributed by atoms with van der Waals surface area (Å²) in [6, 6.07) is 10.0. The zero-order chi connectivity index (χ0) is 17.4. The predicted octanol–water partition coefficient (Wildman–Crippen LogP) is 1.40. The quantitative estimate of drug-likeness (QED) is 0.575. The summed E-state index contributed by atoms with van der Waals surface area (Å²) in [5.74, 6) is 0. The van der Waals surface area contributed by atoms with Gasteiger partial charge in [0.05, 0.1) is 18.4 Å². The van der Waals surface area contributed by atoms with Crippen molar-refractivity contribution in [2.75, 3.05) is 0 Å². The summed E-state index contributed by atoms with van der Waals surface area (Å²) in [6.07, 6.45) is 2.36. The van der Waals surface area contributed by atoms with E-state index in [1.54, 1.807) is 42.7 Å². The third kappa shape index (κ3) is 3.04. The van der Waals surface area contributed by atoms with Gasteiger partial charge in [-0.2, -0.15) is 0 Å². The summed E-state index contributed by atoms with van der Waals surface area (Å²) in [5.41, 5.74) is 1.96. The third-order valence-corrected chi connectivity index (χ3v) is 4.03. The Hall–Kier alpha value is -2.97. The molecule has 0 saturated carbocycles. The molecule has 2 N–H and O–H groups in total. The Bertz CT molecular complexity index is 1080. The van der Waals surface area contributed by atoms with Crippen LogP contribution in [0.1, 0.15) is 23.1 Å². The molecule has 0 aliphatic rings. The van der Waals surface area contributed by atoms with Crippen molar-refractivity contribution in [3.63, 3.8) is 0 Å². The van der Waals surface area contributed by atoms with Gasteiger partial charge in [-0.15, -0.1) is 5.10 Å². The summed E-state index contributed by atoms with van der Waals surface area (Å²) in [5, 5.41) is 21.8. The fourth-order valence-electron chi connectivity index (χ4n) is 2.56. The van der Waals surface area contributed by atoms with Crippen LogP contribution in [-0.2, 0) is 6.54 Å². The van der Waals surface area contributed by atoms with Gasteiger partial charge in [0, 0.05) is 23.4 Å². The number of nitrogens with one attached hydrogen (secondary N) is 1. The van der Waals surface area contributed by atoms with Crippen LogP contribution < -0.4 is 5.56 Å². The van der Waals surface area contributed by atoms with Gasteiger partial charge in [0.1, 0.15) is 11.8 Å². The van der Waals surface area contributed by atoms with Gasteiger partial charge in [-0.3, -0.25) is 9.89 Å². The lowest BCUT2D eigenvalue weighted by Crippen LogP contribution is -2.16. The maximum absolute atomic E-state index is 12.0. The average Bonchev–Trinajstić information content (AvgIpc) is 3.24. The second kappa shape index (κ2) is 6.15. The van der Waals surface area contributed by atoms with E-state index in [0.29, 0.717) is 27.6 Å². The third-order valence-electron chi connectivity index (χ3n) is 3.78. The van der Waals surface area contributed by atoms with Crippen molar-refractivity contribution >= 4 is 17.2 Å². The smallest absolute Gasteiger partial charge is 0.272 e. The van der Waals surface area contributed by atoms with Crippen LogP contribution in [0.3, 0.4) is 0 Å². The Kier molecular flexibility index (Phi) is 3.83. The number of aromatic amines is 1. The number of rotatable bonds is 4. The molecule has 1 aromatic carbocycles. The summed E-state index contributed by atoms with van der Waals surface area (Å²) in [6.45, 7) is 0.275. The van der Waals surface area contributed by atoms with Crippen LogP contribution in [0, 0.1) is 0 Å². The minimum Gasteiger partial charge on any atom is -0.382 e. The van der Waals surface area contributed by atoms with Crippen LogP contribution in [0.5, 0.6) is 0 Å². The summed E-state index contributed by atoms with van der Waals surface area (Å²) < 4.78 is 2.87. The van der Waals surface area contributed by atoms with Crippen LogP contribution >= 0.6 is 11.6 Å². The van der Waals surface area contributed by atoms with Crippen LogP contribution in [0.25, 0.3) is 5.65 Å². The highest BCUT2D eigenvalue weighted by Crippen LogP contribution is 2.21. The fraction of sp³-hybridized carbons (Fsp3) is 0.125. The van der Waals surface area contributed by atoms with Gasteiger partial charge >= 0.3 is 0 Å². The van der Waals surface area contributed by atoms with E-state index in [9.17, 15) is 9.90 Å². The first-order valence-corrected chi connectivity index (χ1v) is 7.87. The fourth-order valence-corrected chi connectivity index (χ4v) is 2.68. The largest absolute Gasteiger partial charge is 0.382 e. The van der Waals surface area contributed by atoms with E-state index >= 15 is 0 Å². The number of aromatic nitrogens is 6. The molecule has 0 amide bonds. The number of halogens is 1. The highest BCUT2D eigenvalue weighted by atomic mass is 35.5. The Balaban J connectivity index is 1.58. The molecule has 3 heterocycles. The van der Waals surface area contributed by atoms with Crippen LogP contribution in [0.2, 0.25) is 5.02 Å². The predicted molar refractivity (Wildman–Crippen MR) is 90.5 cm³/mol. The zero-order valence-corrected chi connectivity index (χ0v) is 13.6. The van der Waals surface area contributed by atoms with Gasteiger partial charge in [0.25, 0.3) is 5.56 Å². The maximum atomic E-state index is 12.0.